The molecule has 0 fully saturated rings. The molecule has 0 unspecified atom stereocenters. The van der Waals surface area contributed by atoms with Gasteiger partial charge in [0.2, 0.25) is 11.7 Å². The number of allylic oxidation sites excluding steroid dienone is 1. The van der Waals surface area contributed by atoms with Gasteiger partial charge in [-0.25, -0.2) is 13.8 Å². The molecule has 3 aromatic rings. The largest absolute Gasteiger partial charge is 0.342 e. The molecular formula is C21H17F2N3O2. The lowest BCUT2D eigenvalue weighted by atomic mass is 10.1. The van der Waals surface area contributed by atoms with E-state index in [2.05, 4.69) is 15.3 Å². The monoisotopic (exact) mass is 381 g/mol. The number of H-pyrrole nitrogens is 1. The minimum absolute atomic E-state index is 0.0481. The lowest BCUT2D eigenvalue weighted by Crippen LogP contribution is -2.15. The molecule has 1 aromatic heterocycles. The van der Waals surface area contributed by atoms with Crippen molar-refractivity contribution in [3.63, 3.8) is 0 Å². The standard InChI is InChI=1S/C21H17F2N3O2/c1-13-17(22)11-16(12-18(13)23)26-20(28)10-15-4-2-14(3-5-15)6-7-19(27)21-24-8-9-25-21/h2-9,11-12H,10H2,1H3,(H,24,25)(H,26,28)/b7-6+. The minimum Gasteiger partial charge on any atom is -0.342 e. The van der Waals surface area contributed by atoms with Gasteiger partial charge in [-0.15, -0.1) is 0 Å². The SMILES string of the molecule is Cc1c(F)cc(NC(=O)Cc2ccc(/C=C/C(=O)c3ncc[nH]3)cc2)cc1F. The number of amides is 1. The first-order chi connectivity index (χ1) is 13.4. The Bertz CT molecular complexity index is 1000. The zero-order chi connectivity index (χ0) is 20.1. The molecule has 0 aliphatic carbocycles. The second-order valence-electron chi connectivity index (χ2n) is 6.17. The van der Waals surface area contributed by atoms with E-state index in [0.29, 0.717) is 0 Å². The van der Waals surface area contributed by atoms with Crippen LogP contribution in [-0.2, 0) is 11.2 Å². The topological polar surface area (TPSA) is 74.8 Å². The van der Waals surface area contributed by atoms with Crippen LogP contribution < -0.4 is 5.32 Å². The first-order valence-electron chi connectivity index (χ1n) is 8.48. The highest BCUT2D eigenvalue weighted by Gasteiger charge is 2.10. The van der Waals surface area contributed by atoms with Gasteiger partial charge in [0.05, 0.1) is 6.42 Å². The first-order valence-corrected chi connectivity index (χ1v) is 8.48. The average molecular weight is 381 g/mol. The highest BCUT2D eigenvalue weighted by atomic mass is 19.1. The van der Waals surface area contributed by atoms with Crippen LogP contribution in [0.4, 0.5) is 14.5 Å². The summed E-state index contributed by atoms with van der Waals surface area (Å²) in [4.78, 5) is 30.6. The summed E-state index contributed by atoms with van der Waals surface area (Å²) in [5, 5.41) is 2.48. The fourth-order valence-electron chi connectivity index (χ4n) is 2.51. The molecule has 0 radical (unpaired) electrons. The molecule has 0 saturated carbocycles. The number of benzene rings is 2. The number of nitrogens with one attached hydrogen (secondary N) is 2. The third-order valence-corrected chi connectivity index (χ3v) is 4.07. The molecular weight excluding hydrogens is 364 g/mol. The molecule has 5 nitrogen and oxygen atoms in total. The van der Waals surface area contributed by atoms with Crippen molar-refractivity contribution in [2.75, 3.05) is 5.32 Å². The van der Waals surface area contributed by atoms with Gasteiger partial charge in [0.15, 0.2) is 5.82 Å². The van der Waals surface area contributed by atoms with Gasteiger partial charge in [0.25, 0.3) is 0 Å². The summed E-state index contributed by atoms with van der Waals surface area (Å²) < 4.78 is 27.1. The van der Waals surface area contributed by atoms with E-state index in [4.69, 9.17) is 0 Å². The van der Waals surface area contributed by atoms with Gasteiger partial charge < -0.3 is 10.3 Å². The van der Waals surface area contributed by atoms with E-state index in [1.165, 1.54) is 19.2 Å². The van der Waals surface area contributed by atoms with Gasteiger partial charge in [0.1, 0.15) is 11.6 Å². The quantitative estimate of drug-likeness (QED) is 0.499. The summed E-state index contributed by atoms with van der Waals surface area (Å²) in [6.07, 6.45) is 6.17. The molecule has 0 atom stereocenters. The highest BCUT2D eigenvalue weighted by molar-refractivity contribution is 6.04. The number of hydrogen-bond acceptors (Lipinski definition) is 3. The Hall–Kier alpha value is -3.61. The Balaban J connectivity index is 1.59. The molecule has 7 heteroatoms. The molecule has 28 heavy (non-hydrogen) atoms. The summed E-state index contributed by atoms with van der Waals surface area (Å²) in [7, 11) is 0. The molecule has 0 saturated heterocycles. The number of ketones is 1. The summed E-state index contributed by atoms with van der Waals surface area (Å²) in [6, 6.07) is 9.18. The molecule has 0 bridgehead atoms. The Kier molecular flexibility index (Phi) is 5.74. The maximum atomic E-state index is 13.6. The fourth-order valence-corrected chi connectivity index (χ4v) is 2.51. The molecule has 142 valence electrons. The number of imidazole rings is 1. The number of nitrogens with zero attached hydrogens (tertiary/aromatic N) is 1. The maximum Gasteiger partial charge on any atom is 0.228 e. The first kappa shape index (κ1) is 19.2. The Morgan fingerprint density at radius 3 is 2.43 bits per heavy atom. The maximum absolute atomic E-state index is 13.6. The average Bonchev–Trinajstić information content (AvgIpc) is 3.20. The third-order valence-electron chi connectivity index (χ3n) is 4.07. The van der Waals surface area contributed by atoms with Gasteiger partial charge >= 0.3 is 0 Å². The van der Waals surface area contributed by atoms with Crippen molar-refractivity contribution in [3.05, 3.63) is 89.0 Å². The normalized spacial score (nSPS) is 11.0. The highest BCUT2D eigenvalue weighted by Crippen LogP contribution is 2.18. The van der Waals surface area contributed by atoms with E-state index in [0.717, 1.165) is 23.3 Å². The molecule has 0 aliphatic rings. The number of carbonyl (C=O) groups is 2. The van der Waals surface area contributed by atoms with E-state index in [-0.39, 0.29) is 35.2 Å². The van der Waals surface area contributed by atoms with Crippen LogP contribution in [0.2, 0.25) is 0 Å². The fraction of sp³-hybridized carbons (Fsp3) is 0.0952. The predicted octanol–water partition coefficient (Wildman–Crippen LogP) is 4.07. The predicted molar refractivity (Wildman–Crippen MR) is 102 cm³/mol. The van der Waals surface area contributed by atoms with Gasteiger partial charge in [-0.1, -0.05) is 30.3 Å². The van der Waals surface area contributed by atoms with Crippen molar-refractivity contribution < 1.29 is 18.4 Å². The molecule has 1 amide bonds. The Labute approximate surface area is 160 Å². The van der Waals surface area contributed by atoms with Gasteiger partial charge in [0, 0.05) is 23.6 Å². The van der Waals surface area contributed by atoms with Crippen molar-refractivity contribution in [1.82, 2.24) is 9.97 Å². The lowest BCUT2D eigenvalue weighted by molar-refractivity contribution is -0.115. The van der Waals surface area contributed by atoms with E-state index >= 15 is 0 Å². The van der Waals surface area contributed by atoms with Crippen LogP contribution in [0.15, 0.2) is 54.9 Å². The number of aromatic nitrogens is 2. The molecule has 3 rings (SSSR count). The summed E-state index contributed by atoms with van der Waals surface area (Å²) >= 11 is 0. The van der Waals surface area contributed by atoms with E-state index in [1.807, 2.05) is 0 Å². The molecule has 0 aliphatic heterocycles. The number of anilines is 1. The van der Waals surface area contributed by atoms with Crippen molar-refractivity contribution >= 4 is 23.5 Å². The van der Waals surface area contributed by atoms with E-state index in [9.17, 15) is 18.4 Å². The number of carbonyl (C=O) groups excluding carboxylic acids is 2. The Morgan fingerprint density at radius 1 is 1.14 bits per heavy atom. The zero-order valence-electron chi connectivity index (χ0n) is 15.0. The van der Waals surface area contributed by atoms with E-state index in [1.54, 1.807) is 36.5 Å². The van der Waals surface area contributed by atoms with Crippen LogP contribution in [0, 0.1) is 18.6 Å². The van der Waals surface area contributed by atoms with Crippen LogP contribution in [-0.4, -0.2) is 21.7 Å². The van der Waals surface area contributed by atoms with Crippen LogP contribution in [0.1, 0.15) is 27.3 Å². The van der Waals surface area contributed by atoms with E-state index < -0.39 is 11.6 Å². The molecule has 2 N–H and O–H groups in total. The number of aromatic amines is 1. The van der Waals surface area contributed by atoms with Gasteiger partial charge in [-0.05, 0) is 36.3 Å². The second kappa shape index (κ2) is 8.39. The molecule has 0 spiro atoms. The third kappa shape index (κ3) is 4.76. The number of hydrogen-bond donors (Lipinski definition) is 2. The van der Waals surface area contributed by atoms with Crippen molar-refractivity contribution in [1.29, 1.82) is 0 Å². The van der Waals surface area contributed by atoms with Gasteiger partial charge in [-0.3, -0.25) is 9.59 Å². The number of rotatable bonds is 6. The second-order valence-corrected chi connectivity index (χ2v) is 6.17. The molecule has 1 heterocycles. The minimum atomic E-state index is -0.712. The summed E-state index contributed by atoms with van der Waals surface area (Å²) in [6.45, 7) is 1.33. The van der Waals surface area contributed by atoms with Crippen LogP contribution in [0.25, 0.3) is 6.08 Å². The van der Waals surface area contributed by atoms with Crippen molar-refractivity contribution in [2.24, 2.45) is 0 Å². The molecule has 2 aromatic carbocycles. The van der Waals surface area contributed by atoms with Crippen molar-refractivity contribution in [3.8, 4) is 0 Å². The zero-order valence-corrected chi connectivity index (χ0v) is 15.0. The van der Waals surface area contributed by atoms with Crippen LogP contribution >= 0.6 is 0 Å². The lowest BCUT2D eigenvalue weighted by Gasteiger charge is -2.08. The Morgan fingerprint density at radius 2 is 1.82 bits per heavy atom. The summed E-state index contributed by atoms with van der Waals surface area (Å²) in [5.41, 5.74) is 1.49. The smallest absolute Gasteiger partial charge is 0.228 e. The van der Waals surface area contributed by atoms with Crippen molar-refractivity contribution in [2.45, 2.75) is 13.3 Å². The van der Waals surface area contributed by atoms with Crippen LogP contribution in [0.5, 0.6) is 0 Å². The number of halogens is 2. The van der Waals surface area contributed by atoms with Gasteiger partial charge in [-0.2, -0.15) is 0 Å². The summed E-state index contributed by atoms with van der Waals surface area (Å²) in [5.74, 6) is -1.80. The van der Waals surface area contributed by atoms with Crippen LogP contribution in [0.3, 0.4) is 0 Å².